The first-order valence-corrected chi connectivity index (χ1v) is 9.35. The molecular weight excluding hydrogens is 324 g/mol. The second-order valence-electron chi connectivity index (χ2n) is 6.28. The molecule has 130 valence electrons. The van der Waals surface area contributed by atoms with Gasteiger partial charge in [-0.2, -0.15) is 0 Å². The number of amides is 2. The maximum Gasteiger partial charge on any atom is 0.317 e. The van der Waals surface area contributed by atoms with E-state index in [0.29, 0.717) is 5.92 Å². The van der Waals surface area contributed by atoms with E-state index in [-0.39, 0.29) is 12.1 Å². The van der Waals surface area contributed by atoms with Crippen LogP contribution >= 0.6 is 11.3 Å². The fraction of sp³-hybridized carbons (Fsp3) is 0.588. The van der Waals surface area contributed by atoms with Crippen molar-refractivity contribution in [1.29, 1.82) is 0 Å². The second kappa shape index (κ2) is 7.34. The van der Waals surface area contributed by atoms with Crippen molar-refractivity contribution in [1.82, 2.24) is 20.4 Å². The first-order valence-electron chi connectivity index (χ1n) is 8.47. The number of urea groups is 1. The molecule has 0 bridgehead atoms. The van der Waals surface area contributed by atoms with E-state index in [1.807, 2.05) is 30.3 Å². The van der Waals surface area contributed by atoms with Gasteiger partial charge in [0.05, 0.1) is 16.7 Å². The highest BCUT2D eigenvalue weighted by atomic mass is 32.1. The van der Waals surface area contributed by atoms with E-state index in [9.17, 15) is 4.79 Å². The topological polar surface area (TPSA) is 71.3 Å². The zero-order valence-corrected chi connectivity index (χ0v) is 15.2. The maximum absolute atomic E-state index is 12.6. The molecule has 0 radical (unpaired) electrons. The van der Waals surface area contributed by atoms with Crippen LogP contribution in [0.5, 0.6) is 0 Å². The Morgan fingerprint density at radius 2 is 2.21 bits per heavy atom. The molecule has 3 rings (SSSR count). The molecule has 0 aliphatic carbocycles. The number of aryl methyl sites for hydroxylation is 2. The van der Waals surface area contributed by atoms with Gasteiger partial charge in [0, 0.05) is 36.1 Å². The molecule has 6 nitrogen and oxygen atoms in total. The Morgan fingerprint density at radius 1 is 1.46 bits per heavy atom. The van der Waals surface area contributed by atoms with E-state index < -0.39 is 0 Å². The molecule has 2 aromatic heterocycles. The first-order chi connectivity index (χ1) is 11.6. The third-order valence-corrected chi connectivity index (χ3v) is 5.66. The summed E-state index contributed by atoms with van der Waals surface area (Å²) in [4.78, 5) is 18.9. The lowest BCUT2D eigenvalue weighted by atomic mass is 9.97. The van der Waals surface area contributed by atoms with E-state index in [4.69, 9.17) is 4.52 Å². The summed E-state index contributed by atoms with van der Waals surface area (Å²) in [6, 6.07) is -0.0557. The van der Waals surface area contributed by atoms with Gasteiger partial charge in [-0.15, -0.1) is 11.3 Å². The second-order valence-corrected chi connectivity index (χ2v) is 7.21. The van der Waals surface area contributed by atoms with Crippen molar-refractivity contribution < 1.29 is 9.32 Å². The highest BCUT2D eigenvalue weighted by Crippen LogP contribution is 2.30. The Kier molecular flexibility index (Phi) is 5.18. The van der Waals surface area contributed by atoms with Gasteiger partial charge in [0.25, 0.3) is 0 Å². The van der Waals surface area contributed by atoms with Crippen LogP contribution in [0.25, 0.3) is 0 Å². The number of nitrogens with one attached hydrogen (secondary N) is 1. The molecule has 0 unspecified atom stereocenters. The summed E-state index contributed by atoms with van der Waals surface area (Å²) >= 11 is 1.71. The summed E-state index contributed by atoms with van der Waals surface area (Å²) in [6.45, 7) is 7.41. The van der Waals surface area contributed by atoms with Gasteiger partial charge in [-0.05, 0) is 33.1 Å². The average Bonchev–Trinajstić information content (AvgIpc) is 3.24. The number of likely N-dealkylation sites (tertiary alicyclic amines) is 1. The van der Waals surface area contributed by atoms with Crippen LogP contribution in [0.15, 0.2) is 16.1 Å². The van der Waals surface area contributed by atoms with Crippen LogP contribution in [-0.2, 0) is 0 Å². The number of nitrogens with zero attached hydrogens (tertiary/aromatic N) is 3. The van der Waals surface area contributed by atoms with Crippen LogP contribution in [0.4, 0.5) is 4.79 Å². The lowest BCUT2D eigenvalue weighted by molar-refractivity contribution is 0.177. The normalized spacial score (nSPS) is 17.0. The molecule has 2 aromatic rings. The summed E-state index contributed by atoms with van der Waals surface area (Å²) in [5.74, 6) is 1.26. The van der Waals surface area contributed by atoms with Gasteiger partial charge in [-0.25, -0.2) is 9.78 Å². The highest BCUT2D eigenvalue weighted by molar-refractivity contribution is 7.09. The average molecular weight is 348 g/mol. The summed E-state index contributed by atoms with van der Waals surface area (Å²) in [6.07, 6.45) is 4.62. The van der Waals surface area contributed by atoms with E-state index in [1.165, 1.54) is 5.01 Å². The smallest absolute Gasteiger partial charge is 0.317 e. The number of thiazole rings is 1. The fourth-order valence-electron chi connectivity index (χ4n) is 3.37. The molecule has 1 N–H and O–H groups in total. The molecule has 1 aliphatic rings. The molecule has 0 saturated carbocycles. The molecule has 1 saturated heterocycles. The van der Waals surface area contributed by atoms with Crippen molar-refractivity contribution in [3.05, 3.63) is 33.6 Å². The minimum atomic E-state index is -0.0552. The summed E-state index contributed by atoms with van der Waals surface area (Å²) < 4.78 is 5.24. The van der Waals surface area contributed by atoms with Crippen molar-refractivity contribution in [2.75, 3.05) is 13.1 Å². The fourth-order valence-corrected chi connectivity index (χ4v) is 4.18. The van der Waals surface area contributed by atoms with Crippen molar-refractivity contribution in [2.24, 2.45) is 0 Å². The summed E-state index contributed by atoms with van der Waals surface area (Å²) in [7, 11) is 0. The molecule has 7 heteroatoms. The van der Waals surface area contributed by atoms with E-state index >= 15 is 0 Å². The van der Waals surface area contributed by atoms with Crippen LogP contribution in [0.3, 0.4) is 0 Å². The predicted octanol–water partition coefficient (Wildman–Crippen LogP) is 3.79. The van der Waals surface area contributed by atoms with Crippen LogP contribution in [0.2, 0.25) is 0 Å². The van der Waals surface area contributed by atoms with Gasteiger partial charge in [0.2, 0.25) is 0 Å². The van der Waals surface area contributed by atoms with Crippen LogP contribution < -0.4 is 5.32 Å². The van der Waals surface area contributed by atoms with E-state index in [0.717, 1.165) is 49.4 Å². The number of hydrogen-bond acceptors (Lipinski definition) is 5. The van der Waals surface area contributed by atoms with Crippen LogP contribution in [0.1, 0.15) is 60.2 Å². The molecule has 1 atom stereocenters. The van der Waals surface area contributed by atoms with E-state index in [2.05, 4.69) is 22.4 Å². The van der Waals surface area contributed by atoms with Crippen molar-refractivity contribution in [3.8, 4) is 0 Å². The van der Waals surface area contributed by atoms with Crippen molar-refractivity contribution >= 4 is 17.4 Å². The van der Waals surface area contributed by atoms with Gasteiger partial charge >= 0.3 is 6.03 Å². The summed E-state index contributed by atoms with van der Waals surface area (Å²) in [5, 5.41) is 10.4. The Morgan fingerprint density at radius 3 is 2.75 bits per heavy atom. The predicted molar refractivity (Wildman–Crippen MR) is 93.2 cm³/mol. The molecule has 1 fully saturated rings. The Labute approximate surface area is 146 Å². The molecule has 3 heterocycles. The van der Waals surface area contributed by atoms with E-state index in [1.54, 1.807) is 11.3 Å². The Bertz CT molecular complexity index is 655. The Balaban J connectivity index is 1.59. The van der Waals surface area contributed by atoms with Crippen molar-refractivity contribution in [2.45, 2.75) is 52.0 Å². The zero-order valence-electron chi connectivity index (χ0n) is 14.4. The van der Waals surface area contributed by atoms with Gasteiger partial charge in [-0.3, -0.25) is 0 Å². The number of carbonyl (C=O) groups is 1. The third kappa shape index (κ3) is 3.45. The zero-order chi connectivity index (χ0) is 17.1. The largest absolute Gasteiger partial charge is 0.361 e. The maximum atomic E-state index is 12.6. The van der Waals surface area contributed by atoms with Crippen LogP contribution in [0, 0.1) is 13.8 Å². The lowest BCUT2D eigenvalue weighted by Gasteiger charge is -2.32. The number of piperidine rings is 1. The van der Waals surface area contributed by atoms with Gasteiger partial charge in [0.15, 0.2) is 0 Å². The number of carbonyl (C=O) groups excluding carboxylic acids is 1. The number of hydrogen-bond donors (Lipinski definition) is 1. The standard InChI is InChI=1S/C17H24N4O2S/c1-4-14(15-11(2)20-23-12(15)3)19-17(22)21-8-5-13(6-9-21)16-18-7-10-24-16/h7,10,13-14H,4-6,8-9H2,1-3H3,(H,19,22)/t14-/m0/s1. The Hall–Kier alpha value is -1.89. The SMILES string of the molecule is CC[C@H](NC(=O)N1CCC(c2nccs2)CC1)c1c(C)noc1C. The van der Waals surface area contributed by atoms with Gasteiger partial charge in [-0.1, -0.05) is 12.1 Å². The highest BCUT2D eigenvalue weighted by Gasteiger charge is 2.27. The monoisotopic (exact) mass is 348 g/mol. The first kappa shape index (κ1) is 17.0. The molecular formula is C17H24N4O2S. The number of rotatable bonds is 4. The van der Waals surface area contributed by atoms with Gasteiger partial charge in [0.1, 0.15) is 5.76 Å². The molecule has 0 aromatic carbocycles. The minimum absolute atomic E-state index is 0.000520. The van der Waals surface area contributed by atoms with Crippen LogP contribution in [-0.4, -0.2) is 34.2 Å². The van der Waals surface area contributed by atoms with Gasteiger partial charge < -0.3 is 14.7 Å². The quantitative estimate of drug-likeness (QED) is 0.912. The number of aromatic nitrogens is 2. The molecule has 24 heavy (non-hydrogen) atoms. The molecule has 2 amide bonds. The lowest BCUT2D eigenvalue weighted by Crippen LogP contribution is -2.45. The molecule has 0 spiro atoms. The summed E-state index contributed by atoms with van der Waals surface area (Å²) in [5.41, 5.74) is 1.85. The molecule has 1 aliphatic heterocycles. The minimum Gasteiger partial charge on any atom is -0.361 e. The third-order valence-electron chi connectivity index (χ3n) is 4.73. The van der Waals surface area contributed by atoms with Crippen molar-refractivity contribution in [3.63, 3.8) is 0 Å².